The van der Waals surface area contributed by atoms with Crippen molar-refractivity contribution in [3.63, 3.8) is 0 Å². The minimum absolute atomic E-state index is 0.644. The molecule has 0 heterocycles. The van der Waals surface area contributed by atoms with Crippen LogP contribution in [0.15, 0.2) is 0 Å². The van der Waals surface area contributed by atoms with Crippen LogP contribution in [0, 0.1) is 0 Å². The van der Waals surface area contributed by atoms with Crippen molar-refractivity contribution in [2.24, 2.45) is 0 Å². The van der Waals surface area contributed by atoms with Gasteiger partial charge in [0, 0.05) is 12.4 Å². The summed E-state index contributed by atoms with van der Waals surface area (Å²) in [5.41, 5.74) is 0. The van der Waals surface area contributed by atoms with E-state index in [9.17, 15) is 0 Å². The molecule has 0 amide bonds. The van der Waals surface area contributed by atoms with Crippen LogP contribution in [0.5, 0.6) is 0 Å². The molecule has 0 bridgehead atoms. The molecular weight excluding hydrogens is 108 g/mol. The lowest BCUT2D eigenvalue weighted by Gasteiger charge is -2.03. The zero-order valence-corrected chi connectivity index (χ0v) is 5.92. The van der Waals surface area contributed by atoms with Crippen LogP contribution in [0.4, 0.5) is 0 Å². The molecule has 1 unspecified atom stereocenters. The highest BCUT2D eigenvalue weighted by molar-refractivity contribution is 7.99. The molecule has 2 heteroatoms. The molecule has 0 N–H and O–H groups in total. The Bertz CT molecular complexity index is 39.1. The van der Waals surface area contributed by atoms with Crippen LogP contribution in [0.1, 0.15) is 6.92 Å². The molecule has 0 aliphatic rings. The predicted molar refractivity (Wildman–Crippen MR) is 34.9 cm³/mol. The molecule has 1 nitrogen and oxygen atoms in total. The Morgan fingerprint density at radius 1 is 1.71 bits per heavy atom. The zero-order valence-electron chi connectivity index (χ0n) is 5.10. The molecule has 0 aliphatic carbocycles. The Balaban J connectivity index is 2.83. The maximum absolute atomic E-state index is 4.87. The van der Waals surface area contributed by atoms with Gasteiger partial charge in [0.2, 0.25) is 0 Å². The van der Waals surface area contributed by atoms with Crippen molar-refractivity contribution in [3.8, 4) is 0 Å². The Morgan fingerprint density at radius 3 is 2.43 bits per heavy atom. The van der Waals surface area contributed by atoms with Gasteiger partial charge >= 0.3 is 0 Å². The van der Waals surface area contributed by atoms with Crippen molar-refractivity contribution in [1.29, 1.82) is 0 Å². The molecule has 0 saturated carbocycles. The molecule has 7 heavy (non-hydrogen) atoms. The van der Waals surface area contributed by atoms with Crippen LogP contribution in [0.3, 0.4) is 0 Å². The van der Waals surface area contributed by atoms with Gasteiger partial charge in [0.1, 0.15) is 0 Å². The van der Waals surface area contributed by atoms with Gasteiger partial charge in [0.25, 0.3) is 0 Å². The summed E-state index contributed by atoms with van der Waals surface area (Å²) < 4.78 is 4.87. The van der Waals surface area contributed by atoms with E-state index < -0.39 is 0 Å². The highest BCUT2D eigenvalue weighted by atomic mass is 32.2. The van der Waals surface area contributed by atoms with Gasteiger partial charge in [-0.1, -0.05) is 6.92 Å². The normalized spacial score (nSPS) is 14.1. The van der Waals surface area contributed by atoms with Gasteiger partial charge in [-0.05, 0) is 6.26 Å². The first-order valence-electron chi connectivity index (χ1n) is 2.33. The monoisotopic (exact) mass is 120 g/mol. The van der Waals surface area contributed by atoms with Crippen LogP contribution in [0.25, 0.3) is 0 Å². The van der Waals surface area contributed by atoms with Crippen LogP contribution in [-0.2, 0) is 4.74 Å². The third-order valence-electron chi connectivity index (χ3n) is 0.804. The van der Waals surface area contributed by atoms with E-state index in [1.165, 1.54) is 0 Å². The predicted octanol–water partition coefficient (Wildman–Crippen LogP) is 1.38. The fourth-order valence-electron chi connectivity index (χ4n) is 0.303. The Hall–Kier alpha value is 0.310. The van der Waals surface area contributed by atoms with E-state index in [0.29, 0.717) is 5.25 Å². The maximum Gasteiger partial charge on any atom is 0.0578 e. The molecule has 0 aromatic carbocycles. The van der Waals surface area contributed by atoms with Gasteiger partial charge in [-0.3, -0.25) is 0 Å². The molecule has 0 saturated heterocycles. The van der Waals surface area contributed by atoms with E-state index in [-0.39, 0.29) is 0 Å². The standard InChI is InChI=1S/C5H12OS/c1-5(7-3)4-6-2/h5H,4H2,1-3H3. The third kappa shape index (κ3) is 4.16. The molecule has 0 aliphatic heterocycles. The van der Waals surface area contributed by atoms with Gasteiger partial charge in [-0.2, -0.15) is 11.8 Å². The summed E-state index contributed by atoms with van der Waals surface area (Å²) in [4.78, 5) is 0. The number of hydrogen-bond donors (Lipinski definition) is 0. The number of rotatable bonds is 3. The van der Waals surface area contributed by atoms with E-state index in [1.54, 1.807) is 7.11 Å². The Morgan fingerprint density at radius 2 is 2.29 bits per heavy atom. The van der Waals surface area contributed by atoms with Crippen molar-refractivity contribution in [2.75, 3.05) is 20.0 Å². The maximum atomic E-state index is 4.87. The first kappa shape index (κ1) is 7.31. The summed E-state index contributed by atoms with van der Waals surface area (Å²) >= 11 is 1.82. The van der Waals surface area contributed by atoms with Crippen molar-refractivity contribution in [1.82, 2.24) is 0 Å². The largest absolute Gasteiger partial charge is 0.384 e. The molecule has 0 aromatic heterocycles. The summed E-state index contributed by atoms with van der Waals surface area (Å²) in [6.07, 6.45) is 2.09. The molecule has 0 fully saturated rings. The van der Waals surface area contributed by atoms with Gasteiger partial charge in [0.05, 0.1) is 6.61 Å². The van der Waals surface area contributed by atoms with Crippen LogP contribution < -0.4 is 0 Å². The summed E-state index contributed by atoms with van der Waals surface area (Å²) in [7, 11) is 1.73. The number of thioether (sulfide) groups is 1. The van der Waals surface area contributed by atoms with E-state index in [2.05, 4.69) is 13.2 Å². The molecule has 0 spiro atoms. The first-order chi connectivity index (χ1) is 3.31. The summed E-state index contributed by atoms with van der Waals surface area (Å²) in [6, 6.07) is 0. The number of hydrogen-bond acceptors (Lipinski definition) is 2. The van der Waals surface area contributed by atoms with E-state index >= 15 is 0 Å². The third-order valence-corrected chi connectivity index (χ3v) is 1.74. The topological polar surface area (TPSA) is 9.23 Å². The molecular formula is C5H12OS. The van der Waals surface area contributed by atoms with E-state index in [4.69, 9.17) is 4.74 Å². The summed E-state index contributed by atoms with van der Waals surface area (Å²) in [6.45, 7) is 3.01. The quantitative estimate of drug-likeness (QED) is 0.556. The van der Waals surface area contributed by atoms with Gasteiger partial charge in [-0.15, -0.1) is 0 Å². The van der Waals surface area contributed by atoms with Crippen LogP contribution in [-0.4, -0.2) is 25.2 Å². The molecule has 1 atom stereocenters. The van der Waals surface area contributed by atoms with Crippen LogP contribution in [0.2, 0.25) is 0 Å². The van der Waals surface area contributed by atoms with Gasteiger partial charge < -0.3 is 4.74 Å². The first-order valence-corrected chi connectivity index (χ1v) is 3.61. The van der Waals surface area contributed by atoms with Gasteiger partial charge in [0.15, 0.2) is 0 Å². The minimum atomic E-state index is 0.644. The van der Waals surface area contributed by atoms with Gasteiger partial charge in [-0.25, -0.2) is 0 Å². The highest BCUT2D eigenvalue weighted by Gasteiger charge is 1.93. The fraction of sp³-hybridized carbons (Fsp3) is 1.00. The lowest BCUT2D eigenvalue weighted by atomic mass is 10.5. The second-order valence-corrected chi connectivity index (χ2v) is 2.78. The highest BCUT2D eigenvalue weighted by Crippen LogP contribution is 2.03. The Kier molecular flexibility index (Phi) is 4.67. The lowest BCUT2D eigenvalue weighted by Crippen LogP contribution is -2.03. The minimum Gasteiger partial charge on any atom is -0.384 e. The molecule has 0 rings (SSSR count). The smallest absolute Gasteiger partial charge is 0.0578 e. The van der Waals surface area contributed by atoms with E-state index in [0.717, 1.165) is 6.61 Å². The summed E-state index contributed by atoms with van der Waals surface area (Å²) in [5.74, 6) is 0. The summed E-state index contributed by atoms with van der Waals surface area (Å²) in [5, 5.41) is 0.644. The van der Waals surface area contributed by atoms with E-state index in [1.807, 2.05) is 11.8 Å². The average molecular weight is 120 g/mol. The van der Waals surface area contributed by atoms with Crippen molar-refractivity contribution in [3.05, 3.63) is 0 Å². The average Bonchev–Trinajstić information content (AvgIpc) is 1.68. The van der Waals surface area contributed by atoms with Crippen molar-refractivity contribution >= 4 is 11.8 Å². The van der Waals surface area contributed by atoms with Crippen molar-refractivity contribution < 1.29 is 4.74 Å². The second-order valence-electron chi connectivity index (χ2n) is 1.50. The lowest BCUT2D eigenvalue weighted by molar-refractivity contribution is 0.203. The van der Waals surface area contributed by atoms with Crippen molar-refractivity contribution in [2.45, 2.75) is 12.2 Å². The second kappa shape index (κ2) is 4.47. The number of ether oxygens (including phenoxy) is 1. The molecule has 44 valence electrons. The molecule has 0 aromatic rings. The Labute approximate surface area is 49.4 Å². The fourth-order valence-corrected chi connectivity index (χ4v) is 0.575. The van der Waals surface area contributed by atoms with Crippen LogP contribution >= 0.6 is 11.8 Å². The number of methoxy groups -OCH3 is 1. The SMILES string of the molecule is COCC(C)SC. The zero-order chi connectivity index (χ0) is 5.70. The molecule has 0 radical (unpaired) electrons.